The number of aryl methyl sites for hydroxylation is 1. The molecule has 116 valence electrons. The van der Waals surface area contributed by atoms with Gasteiger partial charge in [0.05, 0.1) is 4.70 Å². The maximum absolute atomic E-state index is 12.9. The van der Waals surface area contributed by atoms with Crippen LogP contribution in [0.15, 0.2) is 18.2 Å². The maximum Gasteiger partial charge on any atom is 0.299 e. The summed E-state index contributed by atoms with van der Waals surface area (Å²) in [4.78, 5) is 4.01. The topological polar surface area (TPSA) is 56.5 Å². The lowest BCUT2D eigenvalue weighted by molar-refractivity contribution is 0.140. The van der Waals surface area contributed by atoms with Crippen molar-refractivity contribution >= 4 is 21.7 Å². The van der Waals surface area contributed by atoms with Crippen molar-refractivity contribution < 1.29 is 8.78 Å². The molecular formula is C14H15F2N5S. The predicted molar refractivity (Wildman–Crippen MR) is 80.8 cm³/mol. The second-order valence-corrected chi connectivity index (χ2v) is 6.24. The third-order valence-corrected chi connectivity index (χ3v) is 4.01. The minimum atomic E-state index is -2.68. The quantitative estimate of drug-likeness (QED) is 0.714. The second kappa shape index (κ2) is 6.04. The van der Waals surface area contributed by atoms with E-state index < -0.39 is 12.2 Å². The van der Waals surface area contributed by atoms with Gasteiger partial charge in [-0.05, 0) is 42.1 Å². The molecule has 2 heterocycles. The fourth-order valence-electron chi connectivity index (χ4n) is 2.12. The predicted octanol–water partition coefficient (Wildman–Crippen LogP) is 3.93. The molecule has 3 rings (SSSR count). The molecule has 8 heteroatoms. The third-order valence-electron chi connectivity index (χ3n) is 3.31. The van der Waals surface area contributed by atoms with Crippen LogP contribution in [-0.4, -0.2) is 24.4 Å². The molecule has 1 aromatic carbocycles. The Kier molecular flexibility index (Phi) is 4.10. The molecule has 0 aliphatic carbocycles. The summed E-state index contributed by atoms with van der Waals surface area (Å²) in [6.07, 6.45) is -1.83. The van der Waals surface area contributed by atoms with E-state index >= 15 is 0 Å². The highest BCUT2D eigenvalue weighted by atomic mass is 32.1. The van der Waals surface area contributed by atoms with E-state index in [1.807, 2.05) is 18.2 Å². The van der Waals surface area contributed by atoms with Gasteiger partial charge in [0.15, 0.2) is 5.82 Å². The number of hydrogen-bond acceptors (Lipinski definition) is 5. The summed E-state index contributed by atoms with van der Waals surface area (Å²) in [6, 6.07) is 5.52. The summed E-state index contributed by atoms with van der Waals surface area (Å²) in [6.45, 7) is 4.72. The molecule has 0 aliphatic heterocycles. The Morgan fingerprint density at radius 2 is 2.09 bits per heavy atom. The molecule has 0 amide bonds. The SMILES string of the molecule is CC(C)CCn1nc(C(F)F)nc1-c1ccc2snnc2c1. The fraction of sp³-hybridized carbons (Fsp3) is 0.429. The first-order valence-electron chi connectivity index (χ1n) is 7.00. The van der Waals surface area contributed by atoms with Crippen LogP contribution in [0.1, 0.15) is 32.5 Å². The summed E-state index contributed by atoms with van der Waals surface area (Å²) in [7, 11) is 0. The van der Waals surface area contributed by atoms with E-state index in [4.69, 9.17) is 0 Å². The van der Waals surface area contributed by atoms with Gasteiger partial charge in [0.25, 0.3) is 6.43 Å². The molecule has 2 aromatic heterocycles. The third kappa shape index (κ3) is 2.96. The van der Waals surface area contributed by atoms with Gasteiger partial charge in [-0.1, -0.05) is 18.3 Å². The van der Waals surface area contributed by atoms with Crippen molar-refractivity contribution in [3.05, 3.63) is 24.0 Å². The average Bonchev–Trinajstić information content (AvgIpc) is 3.10. The Morgan fingerprint density at radius 1 is 1.27 bits per heavy atom. The molecular weight excluding hydrogens is 308 g/mol. The summed E-state index contributed by atoms with van der Waals surface area (Å²) in [5.41, 5.74) is 1.46. The van der Waals surface area contributed by atoms with Crippen LogP contribution in [0.25, 0.3) is 21.6 Å². The Bertz CT molecular complexity index is 780. The molecule has 22 heavy (non-hydrogen) atoms. The Morgan fingerprint density at radius 3 is 2.82 bits per heavy atom. The Balaban J connectivity index is 2.02. The minimum absolute atomic E-state index is 0.435. The molecule has 3 aromatic rings. The molecule has 0 N–H and O–H groups in total. The minimum Gasteiger partial charge on any atom is -0.245 e. The van der Waals surface area contributed by atoms with Crippen LogP contribution in [0.3, 0.4) is 0 Å². The first-order valence-corrected chi connectivity index (χ1v) is 7.77. The lowest BCUT2D eigenvalue weighted by atomic mass is 10.1. The molecule has 0 saturated heterocycles. The van der Waals surface area contributed by atoms with Crippen LogP contribution >= 0.6 is 11.5 Å². The number of rotatable bonds is 5. The van der Waals surface area contributed by atoms with Gasteiger partial charge in [-0.25, -0.2) is 18.4 Å². The van der Waals surface area contributed by atoms with Crippen LogP contribution in [0.4, 0.5) is 8.78 Å². The van der Waals surface area contributed by atoms with Crippen LogP contribution in [0.5, 0.6) is 0 Å². The van der Waals surface area contributed by atoms with Gasteiger partial charge in [0, 0.05) is 12.1 Å². The van der Waals surface area contributed by atoms with E-state index in [-0.39, 0.29) is 0 Å². The van der Waals surface area contributed by atoms with E-state index in [9.17, 15) is 8.78 Å². The lowest BCUT2D eigenvalue weighted by Crippen LogP contribution is -2.05. The molecule has 0 aliphatic rings. The summed E-state index contributed by atoms with van der Waals surface area (Å²) in [5, 5.41) is 7.96. The van der Waals surface area contributed by atoms with Crippen LogP contribution in [0, 0.1) is 5.92 Å². The van der Waals surface area contributed by atoms with E-state index in [0.717, 1.165) is 22.2 Å². The van der Waals surface area contributed by atoms with E-state index in [0.29, 0.717) is 18.3 Å². The second-order valence-electron chi connectivity index (χ2n) is 5.46. The van der Waals surface area contributed by atoms with Gasteiger partial charge in [0.1, 0.15) is 5.52 Å². The monoisotopic (exact) mass is 323 g/mol. The molecule has 0 atom stereocenters. The summed E-state index contributed by atoms with van der Waals surface area (Å²) in [5.74, 6) is 0.471. The number of halogens is 2. The van der Waals surface area contributed by atoms with Gasteiger partial charge >= 0.3 is 0 Å². The van der Waals surface area contributed by atoms with Gasteiger partial charge in [-0.2, -0.15) is 0 Å². The van der Waals surface area contributed by atoms with E-state index in [1.54, 1.807) is 4.68 Å². The van der Waals surface area contributed by atoms with Crippen molar-refractivity contribution in [2.45, 2.75) is 33.2 Å². The smallest absolute Gasteiger partial charge is 0.245 e. The summed E-state index contributed by atoms with van der Waals surface area (Å²) >= 11 is 1.30. The number of nitrogens with zero attached hydrogens (tertiary/aromatic N) is 5. The fourth-order valence-corrected chi connectivity index (χ4v) is 2.66. The Hall–Kier alpha value is -1.96. The number of benzene rings is 1. The number of aromatic nitrogens is 5. The zero-order valence-corrected chi connectivity index (χ0v) is 13.0. The molecule has 0 unspecified atom stereocenters. The molecule has 0 bridgehead atoms. The zero-order valence-electron chi connectivity index (χ0n) is 12.2. The molecule has 5 nitrogen and oxygen atoms in total. The van der Waals surface area contributed by atoms with Crippen LogP contribution < -0.4 is 0 Å². The van der Waals surface area contributed by atoms with Crippen molar-refractivity contribution in [2.75, 3.05) is 0 Å². The zero-order chi connectivity index (χ0) is 15.7. The highest BCUT2D eigenvalue weighted by Gasteiger charge is 2.19. The van der Waals surface area contributed by atoms with Crippen LogP contribution in [-0.2, 0) is 6.54 Å². The van der Waals surface area contributed by atoms with Crippen molar-refractivity contribution in [1.29, 1.82) is 0 Å². The normalized spacial score (nSPS) is 11.9. The first-order chi connectivity index (χ1) is 10.5. The molecule has 0 saturated carbocycles. The maximum atomic E-state index is 12.9. The lowest BCUT2D eigenvalue weighted by Gasteiger charge is -2.07. The number of alkyl halides is 2. The van der Waals surface area contributed by atoms with Gasteiger partial charge in [-0.15, -0.1) is 10.2 Å². The van der Waals surface area contributed by atoms with Gasteiger partial charge < -0.3 is 0 Å². The average molecular weight is 323 g/mol. The van der Waals surface area contributed by atoms with Crippen molar-refractivity contribution in [3.8, 4) is 11.4 Å². The summed E-state index contributed by atoms with van der Waals surface area (Å²) < 4.78 is 32.2. The molecule has 0 spiro atoms. The van der Waals surface area contributed by atoms with Gasteiger partial charge in [-0.3, -0.25) is 0 Å². The van der Waals surface area contributed by atoms with Crippen molar-refractivity contribution in [3.63, 3.8) is 0 Å². The highest BCUT2D eigenvalue weighted by Crippen LogP contribution is 2.26. The first kappa shape index (κ1) is 15.0. The number of fused-ring (bicyclic) bond motifs is 1. The van der Waals surface area contributed by atoms with Crippen molar-refractivity contribution in [2.24, 2.45) is 5.92 Å². The van der Waals surface area contributed by atoms with E-state index in [2.05, 4.69) is 33.5 Å². The Labute approximate surface area is 130 Å². The highest BCUT2D eigenvalue weighted by molar-refractivity contribution is 7.12. The van der Waals surface area contributed by atoms with Crippen molar-refractivity contribution in [1.82, 2.24) is 24.4 Å². The number of hydrogen-bond donors (Lipinski definition) is 0. The molecule has 0 radical (unpaired) electrons. The van der Waals surface area contributed by atoms with E-state index in [1.165, 1.54) is 11.5 Å². The standard InChI is InChI=1S/C14H15F2N5S/c1-8(2)5-6-21-14(17-13(19-21)12(15)16)9-3-4-11-10(7-9)18-20-22-11/h3-4,7-8,12H,5-6H2,1-2H3. The van der Waals surface area contributed by atoms with Crippen LogP contribution in [0.2, 0.25) is 0 Å². The largest absolute Gasteiger partial charge is 0.299 e. The molecule has 0 fully saturated rings. The van der Waals surface area contributed by atoms with Gasteiger partial charge in [0.2, 0.25) is 5.82 Å².